The van der Waals surface area contributed by atoms with Gasteiger partial charge in [-0.05, 0) is 56.9 Å². The van der Waals surface area contributed by atoms with E-state index in [1.165, 1.54) is 5.56 Å². The normalized spacial score (nSPS) is 19.8. The van der Waals surface area contributed by atoms with Gasteiger partial charge in [-0.25, -0.2) is 0 Å². The Labute approximate surface area is 175 Å². The fourth-order valence-electron chi connectivity index (χ4n) is 3.67. The fraction of sp³-hybridized carbons (Fsp3) is 0.391. The molecule has 3 rings (SSSR count). The smallest absolute Gasteiger partial charge is 0.241 e. The van der Waals surface area contributed by atoms with Crippen LogP contribution >= 0.6 is 15.9 Å². The third-order valence-corrected chi connectivity index (χ3v) is 5.61. The number of hydrogen-bond donors (Lipinski definition) is 1. The molecule has 0 aromatic heterocycles. The molecule has 0 saturated heterocycles. The van der Waals surface area contributed by atoms with E-state index >= 15 is 0 Å². The van der Waals surface area contributed by atoms with E-state index in [4.69, 9.17) is 0 Å². The second-order valence-corrected chi connectivity index (χ2v) is 9.56. The third kappa shape index (κ3) is 4.64. The van der Waals surface area contributed by atoms with E-state index in [0.717, 1.165) is 16.8 Å². The molecule has 5 heteroatoms. The van der Waals surface area contributed by atoms with Crippen molar-refractivity contribution in [2.75, 3.05) is 11.4 Å². The lowest BCUT2D eigenvalue weighted by atomic mass is 9.87. The first kappa shape index (κ1) is 20.6. The second kappa shape index (κ2) is 8.08. The van der Waals surface area contributed by atoms with E-state index in [9.17, 15) is 9.59 Å². The van der Waals surface area contributed by atoms with Crippen molar-refractivity contribution in [2.24, 2.45) is 0 Å². The van der Waals surface area contributed by atoms with Gasteiger partial charge >= 0.3 is 0 Å². The van der Waals surface area contributed by atoms with Crippen molar-refractivity contribution in [1.82, 2.24) is 5.32 Å². The van der Waals surface area contributed by atoms with Crippen LogP contribution in [0.2, 0.25) is 0 Å². The standard InChI is InChI=1S/C23H27BrN2O2/c1-15-10-11-17-18(16-8-6-5-7-9-16)13-19(24)22(28)26(20(17)12-15)14-21(27)25-23(2,3)4/h5-12,18-19H,13-14H2,1-4H3,(H,25,27). The Morgan fingerprint density at radius 2 is 1.86 bits per heavy atom. The SMILES string of the molecule is Cc1ccc2c(c1)N(CC(=O)NC(C)(C)C)C(=O)C(Br)CC2c1ccccc1. The molecule has 1 heterocycles. The highest BCUT2D eigenvalue weighted by Gasteiger charge is 2.35. The van der Waals surface area contributed by atoms with Crippen molar-refractivity contribution in [3.8, 4) is 0 Å². The van der Waals surface area contributed by atoms with Crippen molar-refractivity contribution in [3.05, 3.63) is 65.2 Å². The first-order valence-electron chi connectivity index (χ1n) is 9.57. The lowest BCUT2D eigenvalue weighted by Gasteiger charge is -2.27. The van der Waals surface area contributed by atoms with Crippen molar-refractivity contribution >= 4 is 33.4 Å². The van der Waals surface area contributed by atoms with Gasteiger partial charge < -0.3 is 10.2 Å². The maximum atomic E-state index is 13.2. The summed E-state index contributed by atoms with van der Waals surface area (Å²) in [6.45, 7) is 7.83. The summed E-state index contributed by atoms with van der Waals surface area (Å²) in [6.07, 6.45) is 0.649. The molecule has 0 aliphatic carbocycles. The molecular weight excluding hydrogens is 416 g/mol. The highest BCUT2D eigenvalue weighted by molar-refractivity contribution is 9.10. The number of alkyl halides is 1. The van der Waals surface area contributed by atoms with E-state index in [1.807, 2.05) is 52.0 Å². The average Bonchev–Trinajstić information content (AvgIpc) is 2.71. The van der Waals surface area contributed by atoms with Gasteiger partial charge in [-0.1, -0.05) is 58.4 Å². The van der Waals surface area contributed by atoms with Gasteiger partial charge in [0.2, 0.25) is 11.8 Å². The van der Waals surface area contributed by atoms with Crippen LogP contribution in [0.3, 0.4) is 0 Å². The van der Waals surface area contributed by atoms with E-state index < -0.39 is 0 Å². The number of nitrogens with zero attached hydrogens (tertiary/aromatic N) is 1. The first-order valence-corrected chi connectivity index (χ1v) is 10.5. The van der Waals surface area contributed by atoms with Crippen molar-refractivity contribution < 1.29 is 9.59 Å². The highest BCUT2D eigenvalue weighted by Crippen LogP contribution is 2.41. The van der Waals surface area contributed by atoms with Crippen molar-refractivity contribution in [3.63, 3.8) is 0 Å². The third-order valence-electron chi connectivity index (χ3n) is 4.85. The zero-order chi connectivity index (χ0) is 20.5. The molecule has 2 aromatic carbocycles. The monoisotopic (exact) mass is 442 g/mol. The quantitative estimate of drug-likeness (QED) is 0.709. The zero-order valence-electron chi connectivity index (χ0n) is 16.8. The minimum Gasteiger partial charge on any atom is -0.350 e. The molecule has 0 radical (unpaired) electrons. The molecule has 2 aromatic rings. The van der Waals surface area contributed by atoms with Gasteiger partial charge in [-0.15, -0.1) is 0 Å². The number of amides is 2. The first-order chi connectivity index (χ1) is 13.2. The number of hydrogen-bond acceptors (Lipinski definition) is 2. The highest BCUT2D eigenvalue weighted by atomic mass is 79.9. The molecule has 2 unspecified atom stereocenters. The van der Waals surface area contributed by atoms with Crippen LogP contribution in [0.5, 0.6) is 0 Å². The summed E-state index contributed by atoms with van der Waals surface area (Å²) in [4.78, 5) is 27.1. The Morgan fingerprint density at radius 1 is 1.18 bits per heavy atom. The maximum absolute atomic E-state index is 13.2. The van der Waals surface area contributed by atoms with Gasteiger partial charge in [-0.2, -0.15) is 0 Å². The summed E-state index contributed by atoms with van der Waals surface area (Å²) >= 11 is 3.59. The molecule has 4 nitrogen and oxygen atoms in total. The number of carbonyl (C=O) groups excluding carboxylic acids is 2. The van der Waals surface area contributed by atoms with Crippen LogP contribution in [0.4, 0.5) is 5.69 Å². The topological polar surface area (TPSA) is 49.4 Å². The number of halogens is 1. The Balaban J connectivity index is 2.05. The van der Waals surface area contributed by atoms with Crippen LogP contribution in [0, 0.1) is 6.92 Å². The lowest BCUT2D eigenvalue weighted by molar-refractivity contribution is -0.124. The molecule has 28 heavy (non-hydrogen) atoms. The number of anilines is 1. The van der Waals surface area contributed by atoms with Gasteiger partial charge in [0.1, 0.15) is 6.54 Å². The van der Waals surface area contributed by atoms with Crippen LogP contribution < -0.4 is 10.2 Å². The molecule has 1 aliphatic heterocycles. The Kier molecular flexibility index (Phi) is 5.94. The van der Waals surface area contributed by atoms with Crippen LogP contribution in [0.15, 0.2) is 48.5 Å². The van der Waals surface area contributed by atoms with Gasteiger partial charge in [0, 0.05) is 17.1 Å². The molecule has 0 bridgehead atoms. The van der Waals surface area contributed by atoms with E-state index in [0.29, 0.717) is 6.42 Å². The van der Waals surface area contributed by atoms with Crippen LogP contribution in [-0.2, 0) is 9.59 Å². The molecule has 2 atom stereocenters. The van der Waals surface area contributed by atoms with E-state index in [2.05, 4.69) is 45.5 Å². The molecule has 0 saturated carbocycles. The molecule has 148 valence electrons. The zero-order valence-corrected chi connectivity index (χ0v) is 18.4. The Morgan fingerprint density at radius 3 is 2.50 bits per heavy atom. The summed E-state index contributed by atoms with van der Waals surface area (Å²) in [5.41, 5.74) is 3.79. The predicted octanol–water partition coefficient (Wildman–Crippen LogP) is 4.54. The van der Waals surface area contributed by atoms with Crippen LogP contribution in [0.25, 0.3) is 0 Å². The minimum absolute atomic E-state index is 0.0101. The predicted molar refractivity (Wildman–Crippen MR) is 117 cm³/mol. The lowest BCUT2D eigenvalue weighted by Crippen LogP contribution is -2.48. The Bertz CT molecular complexity index is 874. The Hall–Kier alpha value is -2.14. The average molecular weight is 443 g/mol. The molecule has 1 aliphatic rings. The fourth-order valence-corrected chi connectivity index (χ4v) is 4.29. The summed E-state index contributed by atoms with van der Waals surface area (Å²) in [7, 11) is 0. The number of rotatable bonds is 3. The number of aryl methyl sites for hydroxylation is 1. The largest absolute Gasteiger partial charge is 0.350 e. The number of carbonyl (C=O) groups is 2. The molecule has 0 spiro atoms. The van der Waals surface area contributed by atoms with E-state index in [1.54, 1.807) is 4.90 Å². The number of nitrogens with one attached hydrogen (secondary N) is 1. The molecular formula is C23H27BrN2O2. The molecule has 1 N–H and O–H groups in total. The van der Waals surface area contributed by atoms with Crippen LogP contribution in [-0.4, -0.2) is 28.7 Å². The molecule has 0 fully saturated rings. The summed E-state index contributed by atoms with van der Waals surface area (Å²) in [5.74, 6) is -0.152. The van der Waals surface area contributed by atoms with Crippen molar-refractivity contribution in [1.29, 1.82) is 0 Å². The van der Waals surface area contributed by atoms with Crippen LogP contribution in [0.1, 0.15) is 49.8 Å². The van der Waals surface area contributed by atoms with Gasteiger partial charge in [0.05, 0.1) is 4.83 Å². The van der Waals surface area contributed by atoms with Crippen molar-refractivity contribution in [2.45, 2.75) is 50.4 Å². The summed E-state index contributed by atoms with van der Waals surface area (Å²) in [5, 5.41) is 2.96. The summed E-state index contributed by atoms with van der Waals surface area (Å²) in [6, 6.07) is 16.4. The summed E-state index contributed by atoms with van der Waals surface area (Å²) < 4.78 is 0. The number of benzene rings is 2. The number of fused-ring (bicyclic) bond motifs is 1. The maximum Gasteiger partial charge on any atom is 0.241 e. The molecule has 2 amide bonds. The van der Waals surface area contributed by atoms with Gasteiger partial charge in [0.15, 0.2) is 0 Å². The second-order valence-electron chi connectivity index (χ2n) is 8.45. The van der Waals surface area contributed by atoms with E-state index in [-0.39, 0.29) is 34.6 Å². The van der Waals surface area contributed by atoms with Gasteiger partial charge in [-0.3, -0.25) is 9.59 Å². The minimum atomic E-state index is -0.354. The van der Waals surface area contributed by atoms with Gasteiger partial charge in [0.25, 0.3) is 0 Å².